The first-order valence-electron chi connectivity index (χ1n) is 6.29. The van der Waals surface area contributed by atoms with E-state index in [4.69, 9.17) is 0 Å². The molecule has 0 amide bonds. The van der Waals surface area contributed by atoms with Crippen LogP contribution < -0.4 is 5.56 Å². The van der Waals surface area contributed by atoms with Crippen molar-refractivity contribution < 1.29 is 8.78 Å². The molecule has 4 heteroatoms. The van der Waals surface area contributed by atoms with Crippen molar-refractivity contribution in [2.45, 2.75) is 25.3 Å². The molecule has 1 aromatic heterocycles. The van der Waals surface area contributed by atoms with Crippen LogP contribution in [-0.2, 0) is 6.42 Å². The lowest BCUT2D eigenvalue weighted by atomic mass is 10.1. The van der Waals surface area contributed by atoms with E-state index in [2.05, 4.69) is 0 Å². The average Bonchev–Trinajstić information content (AvgIpc) is 3.20. The molecule has 0 N–H and O–H groups in total. The van der Waals surface area contributed by atoms with E-state index in [9.17, 15) is 13.6 Å². The van der Waals surface area contributed by atoms with E-state index < -0.39 is 11.6 Å². The van der Waals surface area contributed by atoms with Crippen molar-refractivity contribution >= 4 is 0 Å². The average molecular weight is 261 g/mol. The lowest BCUT2D eigenvalue weighted by molar-refractivity contribution is 0.587. The Morgan fingerprint density at radius 2 is 1.95 bits per heavy atom. The summed E-state index contributed by atoms with van der Waals surface area (Å²) in [5, 5.41) is 0. The molecule has 98 valence electrons. The summed E-state index contributed by atoms with van der Waals surface area (Å²) >= 11 is 0. The maximum atomic E-state index is 13.6. The fourth-order valence-electron chi connectivity index (χ4n) is 2.22. The molecule has 1 saturated carbocycles. The predicted octanol–water partition coefficient (Wildman–Crippen LogP) is 3.05. The van der Waals surface area contributed by atoms with Gasteiger partial charge in [-0.15, -0.1) is 0 Å². The van der Waals surface area contributed by atoms with E-state index in [1.165, 1.54) is 0 Å². The van der Waals surface area contributed by atoms with E-state index in [-0.39, 0.29) is 23.6 Å². The quantitative estimate of drug-likeness (QED) is 0.832. The normalized spacial score (nSPS) is 14.6. The minimum Gasteiger partial charge on any atom is -0.312 e. The molecule has 1 aliphatic carbocycles. The third-order valence-corrected chi connectivity index (χ3v) is 3.38. The summed E-state index contributed by atoms with van der Waals surface area (Å²) in [6.45, 7) is 0. The van der Waals surface area contributed by atoms with E-state index in [0.29, 0.717) is 5.56 Å². The van der Waals surface area contributed by atoms with Gasteiger partial charge in [-0.3, -0.25) is 4.79 Å². The molecule has 2 nitrogen and oxygen atoms in total. The maximum Gasteiger partial charge on any atom is 0.254 e. The van der Waals surface area contributed by atoms with Gasteiger partial charge < -0.3 is 4.57 Å². The number of aromatic nitrogens is 1. The molecule has 0 aliphatic heterocycles. The molecule has 0 atom stereocenters. The highest BCUT2D eigenvalue weighted by Gasteiger charge is 2.24. The Bertz CT molecular complexity index is 674. The zero-order valence-electron chi connectivity index (χ0n) is 10.3. The first kappa shape index (κ1) is 12.1. The lowest BCUT2D eigenvalue weighted by Crippen LogP contribution is -2.22. The Hall–Kier alpha value is -1.97. The number of nitrogens with zero attached hydrogens (tertiary/aromatic N) is 1. The molecule has 0 saturated heterocycles. The van der Waals surface area contributed by atoms with Crippen molar-refractivity contribution in [3.63, 3.8) is 0 Å². The molecule has 0 spiro atoms. The van der Waals surface area contributed by atoms with Crippen LogP contribution in [0.2, 0.25) is 0 Å². The van der Waals surface area contributed by atoms with Gasteiger partial charge in [0, 0.05) is 24.2 Å². The monoisotopic (exact) mass is 261 g/mol. The van der Waals surface area contributed by atoms with Crippen LogP contribution in [0.25, 0.3) is 0 Å². The van der Waals surface area contributed by atoms with Crippen LogP contribution in [0.15, 0.2) is 41.3 Å². The molecule has 1 aliphatic rings. The topological polar surface area (TPSA) is 22.0 Å². The summed E-state index contributed by atoms with van der Waals surface area (Å²) < 4.78 is 28.4. The van der Waals surface area contributed by atoms with E-state index >= 15 is 0 Å². The zero-order valence-corrected chi connectivity index (χ0v) is 10.3. The summed E-state index contributed by atoms with van der Waals surface area (Å²) in [6.07, 6.45) is 3.90. The van der Waals surface area contributed by atoms with Crippen LogP contribution in [0.1, 0.15) is 30.0 Å². The van der Waals surface area contributed by atoms with Gasteiger partial charge in [0.05, 0.1) is 0 Å². The van der Waals surface area contributed by atoms with E-state index in [0.717, 1.165) is 31.0 Å². The fraction of sp³-hybridized carbons (Fsp3) is 0.267. The van der Waals surface area contributed by atoms with E-state index in [1.807, 2.05) is 0 Å². The molecular weight excluding hydrogens is 248 g/mol. The second-order valence-electron chi connectivity index (χ2n) is 4.89. The van der Waals surface area contributed by atoms with Crippen LogP contribution in [0.3, 0.4) is 0 Å². The molecule has 1 aromatic carbocycles. The Morgan fingerprint density at radius 3 is 2.68 bits per heavy atom. The number of pyridine rings is 1. The highest BCUT2D eigenvalue weighted by Crippen LogP contribution is 2.33. The predicted molar refractivity (Wildman–Crippen MR) is 68.1 cm³/mol. The Morgan fingerprint density at radius 1 is 1.16 bits per heavy atom. The van der Waals surface area contributed by atoms with Crippen LogP contribution in [0.5, 0.6) is 0 Å². The zero-order chi connectivity index (χ0) is 13.4. The first-order valence-corrected chi connectivity index (χ1v) is 6.29. The minimum atomic E-state index is -0.491. The Kier molecular flexibility index (Phi) is 2.93. The van der Waals surface area contributed by atoms with Crippen molar-refractivity contribution in [3.05, 3.63) is 69.6 Å². The molecule has 0 radical (unpaired) electrons. The molecule has 3 rings (SSSR count). The Labute approximate surface area is 109 Å². The minimum absolute atomic E-state index is 0.103. The number of benzene rings is 1. The van der Waals surface area contributed by atoms with Gasteiger partial charge in [-0.05, 0) is 42.7 Å². The van der Waals surface area contributed by atoms with Crippen molar-refractivity contribution in [2.24, 2.45) is 0 Å². The van der Waals surface area contributed by atoms with Gasteiger partial charge in [-0.1, -0.05) is 6.07 Å². The van der Waals surface area contributed by atoms with Gasteiger partial charge in [0.25, 0.3) is 5.56 Å². The SMILES string of the molecule is O=c1c(Cc2cc(F)ccc2F)cccn1C1CC1. The van der Waals surface area contributed by atoms with Gasteiger partial charge >= 0.3 is 0 Å². The summed E-state index contributed by atoms with van der Waals surface area (Å²) in [5.41, 5.74) is 0.609. The Balaban J connectivity index is 1.97. The van der Waals surface area contributed by atoms with Crippen LogP contribution in [0, 0.1) is 11.6 Å². The third-order valence-electron chi connectivity index (χ3n) is 3.38. The van der Waals surface area contributed by atoms with Gasteiger partial charge in [0.2, 0.25) is 0 Å². The van der Waals surface area contributed by atoms with Gasteiger partial charge in [0.15, 0.2) is 0 Å². The third kappa shape index (κ3) is 2.43. The molecule has 0 bridgehead atoms. The highest BCUT2D eigenvalue weighted by molar-refractivity contribution is 5.26. The molecule has 19 heavy (non-hydrogen) atoms. The summed E-state index contributed by atoms with van der Waals surface area (Å²) in [7, 11) is 0. The molecular formula is C15H13F2NO. The largest absolute Gasteiger partial charge is 0.312 e. The van der Waals surface area contributed by atoms with Crippen molar-refractivity contribution in [1.82, 2.24) is 4.57 Å². The van der Waals surface area contributed by atoms with Crippen LogP contribution in [-0.4, -0.2) is 4.57 Å². The van der Waals surface area contributed by atoms with Crippen molar-refractivity contribution in [3.8, 4) is 0 Å². The van der Waals surface area contributed by atoms with Gasteiger partial charge in [0.1, 0.15) is 11.6 Å². The number of hydrogen-bond acceptors (Lipinski definition) is 1. The smallest absolute Gasteiger partial charge is 0.254 e. The second kappa shape index (κ2) is 4.61. The number of rotatable bonds is 3. The molecule has 1 heterocycles. The first-order chi connectivity index (χ1) is 9.15. The summed E-state index contributed by atoms with van der Waals surface area (Å²) in [6, 6.07) is 7.05. The summed E-state index contributed by atoms with van der Waals surface area (Å²) in [5.74, 6) is -0.975. The van der Waals surface area contributed by atoms with Gasteiger partial charge in [-0.25, -0.2) is 8.78 Å². The number of hydrogen-bond donors (Lipinski definition) is 0. The number of halogens is 2. The maximum absolute atomic E-state index is 13.6. The van der Waals surface area contributed by atoms with Crippen LogP contribution >= 0.6 is 0 Å². The van der Waals surface area contributed by atoms with E-state index in [1.54, 1.807) is 22.9 Å². The van der Waals surface area contributed by atoms with Crippen LogP contribution in [0.4, 0.5) is 8.78 Å². The van der Waals surface area contributed by atoms with Crippen molar-refractivity contribution in [2.75, 3.05) is 0 Å². The van der Waals surface area contributed by atoms with Crippen molar-refractivity contribution in [1.29, 1.82) is 0 Å². The second-order valence-corrected chi connectivity index (χ2v) is 4.89. The molecule has 0 unspecified atom stereocenters. The highest BCUT2D eigenvalue weighted by atomic mass is 19.1. The standard InChI is InChI=1S/C15H13F2NO/c16-12-3-6-14(17)11(9-12)8-10-2-1-7-18(15(10)19)13-4-5-13/h1-3,6-7,9,13H,4-5,8H2. The van der Waals surface area contributed by atoms with Gasteiger partial charge in [-0.2, -0.15) is 0 Å². The summed E-state index contributed by atoms with van der Waals surface area (Å²) in [4.78, 5) is 12.2. The molecule has 1 fully saturated rings. The lowest BCUT2D eigenvalue weighted by Gasteiger charge is -2.07. The fourth-order valence-corrected chi connectivity index (χ4v) is 2.22. The molecule has 2 aromatic rings.